The van der Waals surface area contributed by atoms with Gasteiger partial charge in [-0.2, -0.15) is 0 Å². The number of rotatable bonds is 5. The van der Waals surface area contributed by atoms with Crippen molar-refractivity contribution in [2.24, 2.45) is 0 Å². The van der Waals surface area contributed by atoms with Gasteiger partial charge in [0.25, 0.3) is 0 Å². The Labute approximate surface area is 158 Å². The molecule has 3 aromatic rings. The Hall–Kier alpha value is -2.08. The minimum atomic E-state index is 0.0356. The van der Waals surface area contributed by atoms with Crippen LogP contribution in [0.5, 0.6) is 0 Å². The molecule has 0 amide bonds. The lowest BCUT2D eigenvalue weighted by Crippen LogP contribution is -2.38. The zero-order valence-electron chi connectivity index (χ0n) is 15.0. The van der Waals surface area contributed by atoms with Crippen LogP contribution >= 0.6 is 11.3 Å². The van der Waals surface area contributed by atoms with Crippen molar-refractivity contribution in [2.75, 3.05) is 19.7 Å². The van der Waals surface area contributed by atoms with Gasteiger partial charge in [-0.3, -0.25) is 9.88 Å². The van der Waals surface area contributed by atoms with Crippen molar-refractivity contribution in [1.29, 1.82) is 0 Å². The number of pyridine rings is 1. The lowest BCUT2D eigenvalue weighted by molar-refractivity contribution is -0.0347. The third-order valence-electron chi connectivity index (χ3n) is 4.59. The van der Waals surface area contributed by atoms with Gasteiger partial charge in [-0.05, 0) is 24.6 Å². The van der Waals surface area contributed by atoms with Crippen LogP contribution in [-0.4, -0.2) is 34.6 Å². The minimum absolute atomic E-state index is 0.0356. The molecule has 0 saturated carbocycles. The Balaban J connectivity index is 1.44. The van der Waals surface area contributed by atoms with Crippen molar-refractivity contribution < 1.29 is 4.74 Å². The number of ether oxygens (including phenoxy) is 1. The van der Waals surface area contributed by atoms with Gasteiger partial charge in [-0.25, -0.2) is 4.98 Å². The van der Waals surface area contributed by atoms with E-state index in [0.717, 1.165) is 49.1 Å². The summed E-state index contributed by atoms with van der Waals surface area (Å²) in [7, 11) is 0. The van der Waals surface area contributed by atoms with Crippen molar-refractivity contribution in [3.8, 4) is 0 Å². The number of nitrogens with zero attached hydrogens (tertiary/aromatic N) is 3. The molecule has 1 fully saturated rings. The highest BCUT2D eigenvalue weighted by Gasteiger charge is 2.23. The van der Waals surface area contributed by atoms with Crippen LogP contribution in [0.4, 0.5) is 0 Å². The van der Waals surface area contributed by atoms with Gasteiger partial charge in [-0.15, -0.1) is 11.3 Å². The van der Waals surface area contributed by atoms with E-state index in [0.29, 0.717) is 0 Å². The van der Waals surface area contributed by atoms with Crippen molar-refractivity contribution in [3.63, 3.8) is 0 Å². The van der Waals surface area contributed by atoms with E-state index in [1.807, 2.05) is 12.3 Å². The molecule has 0 radical (unpaired) electrons. The Bertz CT molecular complexity index is 849. The molecule has 0 N–H and O–H groups in total. The first kappa shape index (κ1) is 17.3. The molecule has 4 nitrogen and oxygen atoms in total. The lowest BCUT2D eigenvalue weighted by Gasteiger charge is -2.32. The summed E-state index contributed by atoms with van der Waals surface area (Å²) < 4.78 is 6.03. The molecule has 1 atom stereocenters. The molecule has 1 aliphatic heterocycles. The minimum Gasteiger partial charge on any atom is -0.369 e. The fraction of sp³-hybridized carbons (Fsp3) is 0.333. The Morgan fingerprint density at radius 1 is 1.15 bits per heavy atom. The smallest absolute Gasteiger partial charge is 0.112 e. The van der Waals surface area contributed by atoms with Crippen LogP contribution in [0, 0.1) is 6.92 Å². The van der Waals surface area contributed by atoms with E-state index in [4.69, 9.17) is 9.72 Å². The number of thiazole rings is 1. The highest BCUT2D eigenvalue weighted by molar-refractivity contribution is 7.11. The molecule has 2 aromatic heterocycles. The molecular formula is C21H23N3OS. The third-order valence-corrected chi connectivity index (χ3v) is 5.48. The quantitative estimate of drug-likeness (QED) is 0.685. The molecule has 1 saturated heterocycles. The molecule has 1 aromatic carbocycles. The molecule has 0 unspecified atom stereocenters. The molecule has 4 rings (SSSR count). The first-order valence-corrected chi connectivity index (χ1v) is 9.83. The molecule has 3 heterocycles. The van der Waals surface area contributed by atoms with Crippen molar-refractivity contribution in [1.82, 2.24) is 14.9 Å². The number of benzene rings is 1. The number of aromatic nitrogens is 2. The molecule has 0 aliphatic carbocycles. The molecule has 26 heavy (non-hydrogen) atoms. The maximum atomic E-state index is 6.03. The number of morpholine rings is 1. The largest absolute Gasteiger partial charge is 0.369 e. The summed E-state index contributed by atoms with van der Waals surface area (Å²) >= 11 is 1.77. The Morgan fingerprint density at radius 3 is 2.85 bits per heavy atom. The molecule has 1 aliphatic rings. The summed E-state index contributed by atoms with van der Waals surface area (Å²) in [6.45, 7) is 5.57. The lowest BCUT2D eigenvalue weighted by atomic mass is 10.1. The van der Waals surface area contributed by atoms with Crippen molar-refractivity contribution in [2.45, 2.75) is 26.0 Å². The summed E-state index contributed by atoms with van der Waals surface area (Å²) in [6, 6.07) is 16.7. The monoisotopic (exact) mass is 365 g/mol. The third kappa shape index (κ3) is 4.36. The van der Waals surface area contributed by atoms with E-state index >= 15 is 0 Å². The van der Waals surface area contributed by atoms with E-state index in [-0.39, 0.29) is 6.10 Å². The second-order valence-corrected chi connectivity index (χ2v) is 7.98. The zero-order chi connectivity index (χ0) is 17.8. The highest BCUT2D eigenvalue weighted by atomic mass is 32.1. The van der Waals surface area contributed by atoms with E-state index in [1.54, 1.807) is 11.3 Å². The first-order chi connectivity index (χ1) is 12.8. The summed E-state index contributed by atoms with van der Waals surface area (Å²) in [6.07, 6.45) is 2.88. The van der Waals surface area contributed by atoms with Crippen LogP contribution in [0.25, 0.3) is 0 Å². The van der Waals surface area contributed by atoms with Gasteiger partial charge in [0.05, 0.1) is 17.3 Å². The summed E-state index contributed by atoms with van der Waals surface area (Å²) in [5.74, 6) is 0. The maximum Gasteiger partial charge on any atom is 0.112 e. The standard InChI is InChI=1S/C21H23N3OS/c1-16-22-13-19(26-16)14-24-10-11-25-21(15-24)20-9-5-8-18(23-20)12-17-6-3-2-4-7-17/h2-9,13,21H,10-12,14-15H2,1H3/t21-/m0/s1. The zero-order valence-corrected chi connectivity index (χ0v) is 15.8. The average molecular weight is 366 g/mol. The average Bonchev–Trinajstić information content (AvgIpc) is 3.08. The molecule has 134 valence electrons. The molecule has 0 bridgehead atoms. The van der Waals surface area contributed by atoms with Crippen LogP contribution in [0.3, 0.4) is 0 Å². The second-order valence-electron chi connectivity index (χ2n) is 6.66. The number of hydrogen-bond donors (Lipinski definition) is 0. The van der Waals surface area contributed by atoms with Crippen LogP contribution in [0.15, 0.2) is 54.7 Å². The van der Waals surface area contributed by atoms with Crippen LogP contribution in [-0.2, 0) is 17.7 Å². The van der Waals surface area contributed by atoms with Crippen LogP contribution in [0.2, 0.25) is 0 Å². The van der Waals surface area contributed by atoms with Gasteiger partial charge in [0.1, 0.15) is 6.10 Å². The van der Waals surface area contributed by atoms with Gasteiger partial charge in [0, 0.05) is 42.8 Å². The molecule has 0 spiro atoms. The molecule has 5 heteroatoms. The second kappa shape index (κ2) is 8.08. The van der Waals surface area contributed by atoms with Gasteiger partial charge in [0.2, 0.25) is 0 Å². The van der Waals surface area contributed by atoms with Crippen molar-refractivity contribution in [3.05, 3.63) is 81.6 Å². The normalized spacial score (nSPS) is 18.1. The van der Waals surface area contributed by atoms with Gasteiger partial charge >= 0.3 is 0 Å². The van der Waals surface area contributed by atoms with Gasteiger partial charge < -0.3 is 4.74 Å². The fourth-order valence-corrected chi connectivity index (χ4v) is 4.14. The van der Waals surface area contributed by atoms with Gasteiger partial charge in [0.15, 0.2) is 0 Å². The highest BCUT2D eigenvalue weighted by Crippen LogP contribution is 2.24. The summed E-state index contributed by atoms with van der Waals surface area (Å²) in [5.41, 5.74) is 3.40. The molecular weight excluding hydrogens is 342 g/mol. The predicted molar refractivity (Wildman–Crippen MR) is 104 cm³/mol. The predicted octanol–water partition coefficient (Wildman–Crippen LogP) is 4.01. The SMILES string of the molecule is Cc1ncc(CN2CCO[C@H](c3cccc(Cc4ccccc4)n3)C2)s1. The number of hydrogen-bond acceptors (Lipinski definition) is 5. The van der Waals surface area contributed by atoms with Crippen LogP contribution in [0.1, 0.15) is 32.9 Å². The van der Waals surface area contributed by atoms with E-state index in [1.165, 1.54) is 10.4 Å². The van der Waals surface area contributed by atoms with Crippen LogP contribution < -0.4 is 0 Å². The number of aryl methyl sites for hydroxylation is 1. The summed E-state index contributed by atoms with van der Waals surface area (Å²) in [4.78, 5) is 13.0. The summed E-state index contributed by atoms with van der Waals surface area (Å²) in [5, 5.41) is 1.13. The van der Waals surface area contributed by atoms with E-state index < -0.39 is 0 Å². The van der Waals surface area contributed by atoms with Crippen molar-refractivity contribution >= 4 is 11.3 Å². The first-order valence-electron chi connectivity index (χ1n) is 9.01. The van der Waals surface area contributed by atoms with E-state index in [2.05, 4.69) is 59.3 Å². The fourth-order valence-electron chi connectivity index (χ4n) is 3.30. The van der Waals surface area contributed by atoms with Gasteiger partial charge in [-0.1, -0.05) is 36.4 Å². The Kier molecular flexibility index (Phi) is 5.39. The topological polar surface area (TPSA) is 38.2 Å². The Morgan fingerprint density at radius 2 is 2.04 bits per heavy atom. The van der Waals surface area contributed by atoms with E-state index in [9.17, 15) is 0 Å². The maximum absolute atomic E-state index is 6.03.